The number of aliphatic imine (C=N–C) groups is 1. The highest BCUT2D eigenvalue weighted by Crippen LogP contribution is 2.30. The number of carbonyl (C=O) groups excluding carboxylic acids is 2. The normalized spacial score (nSPS) is 18.6. The van der Waals surface area contributed by atoms with Crippen molar-refractivity contribution in [3.05, 3.63) is 60.2 Å². The molecular formula is C19H17F2N3O2S. The summed E-state index contributed by atoms with van der Waals surface area (Å²) in [6.07, 6.45) is -0.0127. The van der Waals surface area contributed by atoms with Gasteiger partial charge in [-0.05, 0) is 43.3 Å². The minimum atomic E-state index is -0.737. The Morgan fingerprint density at radius 2 is 1.93 bits per heavy atom. The number of nitrogens with one attached hydrogen (secondary N) is 1. The van der Waals surface area contributed by atoms with Gasteiger partial charge in [0, 0.05) is 13.0 Å². The first-order valence-corrected chi connectivity index (χ1v) is 9.22. The van der Waals surface area contributed by atoms with Gasteiger partial charge in [-0.2, -0.15) is 0 Å². The smallest absolute Gasteiger partial charge is 0.238 e. The lowest BCUT2D eigenvalue weighted by Gasteiger charge is -2.30. The molecule has 0 unspecified atom stereocenters. The summed E-state index contributed by atoms with van der Waals surface area (Å²) in [5.74, 6) is -1.65. The number of carbonyl (C=O) groups is 2. The zero-order chi connectivity index (χ0) is 19.4. The van der Waals surface area contributed by atoms with Crippen LogP contribution in [-0.4, -0.2) is 33.7 Å². The molecule has 8 heteroatoms. The Labute approximate surface area is 159 Å². The Balaban J connectivity index is 1.81. The Morgan fingerprint density at radius 1 is 1.22 bits per heavy atom. The highest BCUT2D eigenvalue weighted by Gasteiger charge is 2.35. The molecule has 140 valence electrons. The molecule has 1 aliphatic heterocycles. The van der Waals surface area contributed by atoms with Crippen molar-refractivity contribution in [3.63, 3.8) is 0 Å². The molecule has 0 saturated carbocycles. The number of anilines is 1. The van der Waals surface area contributed by atoms with Gasteiger partial charge in [0.1, 0.15) is 16.9 Å². The molecule has 1 fully saturated rings. The van der Waals surface area contributed by atoms with E-state index in [1.165, 1.54) is 47.4 Å². The molecule has 1 aliphatic rings. The summed E-state index contributed by atoms with van der Waals surface area (Å²) in [5.41, 5.74) is 0.533. The molecular weight excluding hydrogens is 372 g/mol. The van der Waals surface area contributed by atoms with Gasteiger partial charge in [0.05, 0.1) is 11.4 Å². The topological polar surface area (TPSA) is 61.8 Å². The molecule has 2 aromatic carbocycles. The number of amidine groups is 1. The van der Waals surface area contributed by atoms with Gasteiger partial charge in [0.2, 0.25) is 11.8 Å². The molecule has 1 atom stereocenters. The van der Waals surface area contributed by atoms with Crippen LogP contribution in [0.1, 0.15) is 13.3 Å². The number of nitrogens with zero attached hydrogens (tertiary/aromatic N) is 2. The van der Waals surface area contributed by atoms with Gasteiger partial charge < -0.3 is 5.32 Å². The molecule has 2 aromatic rings. The van der Waals surface area contributed by atoms with Crippen LogP contribution in [0.5, 0.6) is 0 Å². The van der Waals surface area contributed by atoms with Crippen molar-refractivity contribution in [2.75, 3.05) is 11.9 Å². The molecule has 0 aliphatic carbocycles. The average molecular weight is 389 g/mol. The first kappa shape index (κ1) is 19.0. The number of hydrogen-bond acceptors (Lipinski definition) is 4. The maximum absolute atomic E-state index is 13.8. The van der Waals surface area contributed by atoms with E-state index in [-0.39, 0.29) is 23.8 Å². The van der Waals surface area contributed by atoms with Crippen LogP contribution in [0, 0.1) is 11.6 Å². The van der Waals surface area contributed by atoms with Crippen molar-refractivity contribution in [2.45, 2.75) is 18.6 Å². The molecule has 0 spiro atoms. The minimum absolute atomic E-state index is 0.0127. The van der Waals surface area contributed by atoms with Gasteiger partial charge in [-0.1, -0.05) is 23.9 Å². The fourth-order valence-electron chi connectivity index (χ4n) is 2.55. The number of thioether (sulfide) groups is 1. The van der Waals surface area contributed by atoms with Crippen LogP contribution in [0.2, 0.25) is 0 Å². The maximum Gasteiger partial charge on any atom is 0.238 e. The summed E-state index contributed by atoms with van der Waals surface area (Å²) < 4.78 is 26.8. The predicted octanol–water partition coefficient (Wildman–Crippen LogP) is 3.95. The first-order chi connectivity index (χ1) is 13.0. The third kappa shape index (κ3) is 4.51. The number of amides is 2. The molecule has 0 radical (unpaired) electrons. The van der Waals surface area contributed by atoms with Crippen molar-refractivity contribution in [3.8, 4) is 0 Å². The van der Waals surface area contributed by atoms with Crippen LogP contribution >= 0.6 is 11.8 Å². The van der Waals surface area contributed by atoms with Crippen LogP contribution in [0.25, 0.3) is 0 Å². The van der Waals surface area contributed by atoms with Crippen LogP contribution < -0.4 is 5.32 Å². The van der Waals surface area contributed by atoms with Crippen molar-refractivity contribution >= 4 is 40.1 Å². The van der Waals surface area contributed by atoms with Gasteiger partial charge in [-0.3, -0.25) is 14.5 Å². The monoisotopic (exact) mass is 389 g/mol. The number of benzene rings is 2. The van der Waals surface area contributed by atoms with Gasteiger partial charge in [-0.25, -0.2) is 13.8 Å². The zero-order valence-electron chi connectivity index (χ0n) is 14.5. The van der Waals surface area contributed by atoms with Crippen LogP contribution in [0.4, 0.5) is 20.2 Å². The van der Waals surface area contributed by atoms with Crippen molar-refractivity contribution < 1.29 is 18.4 Å². The Bertz CT molecular complexity index is 887. The van der Waals surface area contributed by atoms with Gasteiger partial charge in [-0.15, -0.1) is 0 Å². The summed E-state index contributed by atoms with van der Waals surface area (Å²) in [5, 5.41) is 2.13. The van der Waals surface area contributed by atoms with Gasteiger partial charge in [0.15, 0.2) is 5.17 Å². The second-order valence-corrected chi connectivity index (χ2v) is 6.96. The van der Waals surface area contributed by atoms with E-state index < -0.39 is 17.0 Å². The third-order valence-electron chi connectivity index (χ3n) is 3.93. The lowest BCUT2D eigenvalue weighted by atomic mass is 10.2. The number of halogens is 2. The quantitative estimate of drug-likeness (QED) is 0.861. The third-order valence-corrected chi connectivity index (χ3v) is 5.12. The fraction of sp³-hybridized carbons (Fsp3) is 0.211. The summed E-state index contributed by atoms with van der Waals surface area (Å²) in [7, 11) is 0. The van der Waals surface area contributed by atoms with E-state index >= 15 is 0 Å². The first-order valence-electron chi connectivity index (χ1n) is 8.34. The molecule has 0 bridgehead atoms. The Morgan fingerprint density at radius 3 is 2.59 bits per heavy atom. The second-order valence-electron chi connectivity index (χ2n) is 5.79. The number of rotatable bonds is 4. The second kappa shape index (κ2) is 8.30. The standard InChI is InChI=1S/C19H17F2N3O2S/c1-2-24-17(25)11-16(18(26)23-15-6-4-3-5-14(15)21)27-19(24)22-13-9-7-12(20)8-10-13/h3-10,16H,2,11H2,1H3,(H,23,26)/t16-/m1/s1. The van der Waals surface area contributed by atoms with E-state index in [0.29, 0.717) is 17.4 Å². The summed E-state index contributed by atoms with van der Waals surface area (Å²) >= 11 is 1.13. The van der Waals surface area contributed by atoms with E-state index in [0.717, 1.165) is 11.8 Å². The van der Waals surface area contributed by atoms with Gasteiger partial charge >= 0.3 is 0 Å². The lowest BCUT2D eigenvalue weighted by molar-refractivity contribution is -0.129. The maximum atomic E-state index is 13.8. The van der Waals surface area contributed by atoms with Crippen LogP contribution in [0.15, 0.2) is 53.5 Å². The SMILES string of the molecule is CCN1C(=O)C[C@H](C(=O)Nc2ccccc2F)SC1=Nc1ccc(F)cc1. The van der Waals surface area contributed by atoms with Crippen molar-refractivity contribution in [1.29, 1.82) is 0 Å². The van der Waals surface area contributed by atoms with Crippen molar-refractivity contribution in [1.82, 2.24) is 4.90 Å². The molecule has 1 N–H and O–H groups in total. The molecule has 0 aromatic heterocycles. The molecule has 3 rings (SSSR count). The van der Waals surface area contributed by atoms with Crippen LogP contribution in [0.3, 0.4) is 0 Å². The summed E-state index contributed by atoms with van der Waals surface area (Å²) in [6, 6.07) is 11.4. The zero-order valence-corrected chi connectivity index (χ0v) is 15.3. The lowest BCUT2D eigenvalue weighted by Crippen LogP contribution is -2.45. The number of hydrogen-bond donors (Lipinski definition) is 1. The average Bonchev–Trinajstić information content (AvgIpc) is 2.65. The van der Waals surface area contributed by atoms with E-state index in [1.807, 2.05) is 0 Å². The molecule has 1 saturated heterocycles. The van der Waals surface area contributed by atoms with E-state index in [2.05, 4.69) is 10.3 Å². The largest absolute Gasteiger partial charge is 0.323 e. The highest BCUT2D eigenvalue weighted by atomic mass is 32.2. The summed E-state index contributed by atoms with van der Waals surface area (Å²) in [4.78, 5) is 30.8. The van der Waals surface area contributed by atoms with Crippen molar-refractivity contribution in [2.24, 2.45) is 4.99 Å². The Hall–Kier alpha value is -2.74. The van der Waals surface area contributed by atoms with E-state index in [4.69, 9.17) is 0 Å². The summed E-state index contributed by atoms with van der Waals surface area (Å²) in [6.45, 7) is 2.20. The highest BCUT2D eigenvalue weighted by molar-refractivity contribution is 8.15. The van der Waals surface area contributed by atoms with Crippen LogP contribution in [-0.2, 0) is 9.59 Å². The Kier molecular flexibility index (Phi) is 5.85. The van der Waals surface area contributed by atoms with Gasteiger partial charge in [0.25, 0.3) is 0 Å². The fourth-order valence-corrected chi connectivity index (χ4v) is 3.72. The predicted molar refractivity (Wildman–Crippen MR) is 102 cm³/mol. The molecule has 2 amide bonds. The van der Waals surface area contributed by atoms with E-state index in [9.17, 15) is 18.4 Å². The minimum Gasteiger partial charge on any atom is -0.323 e. The number of para-hydroxylation sites is 1. The molecule has 1 heterocycles. The van der Waals surface area contributed by atoms with E-state index in [1.54, 1.807) is 13.0 Å². The molecule has 27 heavy (non-hydrogen) atoms. The molecule has 5 nitrogen and oxygen atoms in total.